The van der Waals surface area contributed by atoms with Crippen molar-refractivity contribution in [2.24, 2.45) is 0 Å². The van der Waals surface area contributed by atoms with Crippen LogP contribution in [0.15, 0.2) is 96.1 Å². The monoisotopic (exact) mass is 448 g/mol. The summed E-state index contributed by atoms with van der Waals surface area (Å²) in [5.74, 6) is -0.307. The van der Waals surface area contributed by atoms with Crippen molar-refractivity contribution in [3.05, 3.63) is 124 Å². The highest BCUT2D eigenvalue weighted by Gasteiger charge is 2.25. The minimum atomic E-state index is -0.307. The van der Waals surface area contributed by atoms with Crippen LogP contribution < -0.4 is 10.9 Å². The fraction of sp³-hybridized carbons (Fsp3) is 0.107. The highest BCUT2D eigenvalue weighted by atomic mass is 16.2. The number of nitrogens with zero attached hydrogens (tertiary/aromatic N) is 3. The van der Waals surface area contributed by atoms with Gasteiger partial charge in [-0.05, 0) is 48.7 Å². The Morgan fingerprint density at radius 3 is 2.35 bits per heavy atom. The molecule has 0 atom stereocenters. The van der Waals surface area contributed by atoms with Crippen molar-refractivity contribution >= 4 is 11.6 Å². The van der Waals surface area contributed by atoms with E-state index in [0.29, 0.717) is 29.1 Å². The lowest BCUT2D eigenvalue weighted by atomic mass is 10.1. The molecular weight excluding hydrogens is 424 g/mol. The summed E-state index contributed by atoms with van der Waals surface area (Å²) in [5, 5.41) is 7.58. The summed E-state index contributed by atoms with van der Waals surface area (Å²) >= 11 is 0. The lowest BCUT2D eigenvalue weighted by Crippen LogP contribution is -2.18. The van der Waals surface area contributed by atoms with E-state index in [4.69, 9.17) is 0 Å². The van der Waals surface area contributed by atoms with Gasteiger partial charge in [0.05, 0.1) is 16.8 Å². The van der Waals surface area contributed by atoms with Crippen LogP contribution in [0.1, 0.15) is 27.0 Å². The number of para-hydroxylation sites is 1. The second kappa shape index (κ2) is 8.83. The number of rotatable bonds is 5. The number of nitrogens with one attached hydrogen (secondary N) is 1. The van der Waals surface area contributed by atoms with Gasteiger partial charge in [0.15, 0.2) is 0 Å². The molecule has 0 bridgehead atoms. The van der Waals surface area contributed by atoms with E-state index in [9.17, 15) is 9.59 Å². The van der Waals surface area contributed by atoms with Gasteiger partial charge < -0.3 is 9.88 Å². The minimum absolute atomic E-state index is 0.260. The number of hydrogen-bond acceptors (Lipinski definition) is 3. The van der Waals surface area contributed by atoms with Crippen LogP contribution in [0.4, 0.5) is 5.69 Å². The number of aryl methyl sites for hydroxylation is 2. The van der Waals surface area contributed by atoms with E-state index in [0.717, 1.165) is 22.4 Å². The zero-order chi connectivity index (χ0) is 23.7. The molecule has 1 amide bonds. The van der Waals surface area contributed by atoms with Gasteiger partial charge >= 0.3 is 0 Å². The SMILES string of the molecule is Cc1ccc(C)c(NC(=O)c2cn(Cc3ccccc3)cc3c(=O)n(-c4ccccc4)nc2-3)c1. The van der Waals surface area contributed by atoms with Crippen molar-refractivity contribution in [3.63, 3.8) is 0 Å². The van der Waals surface area contributed by atoms with Gasteiger partial charge in [-0.25, -0.2) is 0 Å². The van der Waals surface area contributed by atoms with Gasteiger partial charge in [-0.3, -0.25) is 9.59 Å². The average molecular weight is 449 g/mol. The van der Waals surface area contributed by atoms with Crippen molar-refractivity contribution in [1.29, 1.82) is 0 Å². The summed E-state index contributed by atoms with van der Waals surface area (Å²) in [7, 11) is 0. The average Bonchev–Trinajstić information content (AvgIpc) is 3.18. The highest BCUT2D eigenvalue weighted by molar-refractivity contribution is 6.08. The van der Waals surface area contributed by atoms with Crippen LogP contribution >= 0.6 is 0 Å². The molecule has 2 aliphatic rings. The molecule has 6 nitrogen and oxygen atoms in total. The van der Waals surface area contributed by atoms with E-state index in [2.05, 4.69) is 10.4 Å². The quantitative estimate of drug-likeness (QED) is 0.409. The van der Waals surface area contributed by atoms with Crippen LogP contribution in [-0.2, 0) is 6.54 Å². The summed E-state index contributed by atoms with van der Waals surface area (Å²) in [5.41, 5.74) is 5.33. The van der Waals surface area contributed by atoms with Gasteiger partial charge in [0, 0.05) is 24.6 Å². The molecule has 0 radical (unpaired) electrons. The van der Waals surface area contributed by atoms with Crippen LogP contribution in [0.25, 0.3) is 16.9 Å². The molecule has 0 unspecified atom stereocenters. The number of fused-ring (bicyclic) bond motifs is 1. The van der Waals surface area contributed by atoms with Crippen molar-refractivity contribution in [2.75, 3.05) is 5.32 Å². The molecule has 0 saturated heterocycles. The Balaban J connectivity index is 1.64. The third-order valence-corrected chi connectivity index (χ3v) is 5.82. The molecule has 2 aliphatic heterocycles. The fourth-order valence-corrected chi connectivity index (χ4v) is 4.02. The Morgan fingerprint density at radius 1 is 0.912 bits per heavy atom. The maximum atomic E-state index is 13.5. The molecule has 3 aromatic rings. The largest absolute Gasteiger partial charge is 0.348 e. The van der Waals surface area contributed by atoms with Gasteiger partial charge in [-0.15, -0.1) is 0 Å². The lowest BCUT2D eigenvalue weighted by molar-refractivity contribution is 0.102. The van der Waals surface area contributed by atoms with Crippen molar-refractivity contribution in [1.82, 2.24) is 14.3 Å². The first-order valence-corrected chi connectivity index (χ1v) is 11.1. The first-order chi connectivity index (χ1) is 16.5. The molecule has 168 valence electrons. The van der Waals surface area contributed by atoms with Gasteiger partial charge in [0.2, 0.25) is 0 Å². The molecule has 0 aliphatic carbocycles. The standard InChI is InChI=1S/C28H24N4O2/c1-19-13-14-20(2)25(15-19)29-27(33)23-17-31(16-21-9-5-3-6-10-21)18-24-26(23)30-32(28(24)34)22-11-7-4-8-12-22/h3-15,17-18H,16H2,1-2H3,(H,29,33). The first kappa shape index (κ1) is 21.4. The summed E-state index contributed by atoms with van der Waals surface area (Å²) in [6.45, 7) is 4.45. The summed E-state index contributed by atoms with van der Waals surface area (Å²) in [6, 6.07) is 25.1. The number of amides is 1. The van der Waals surface area contributed by atoms with Gasteiger partial charge in [-0.2, -0.15) is 9.78 Å². The molecule has 6 heteroatoms. The van der Waals surface area contributed by atoms with E-state index < -0.39 is 0 Å². The van der Waals surface area contributed by atoms with Crippen molar-refractivity contribution in [2.45, 2.75) is 20.4 Å². The molecule has 5 rings (SSSR count). The van der Waals surface area contributed by atoms with Crippen LogP contribution in [-0.4, -0.2) is 20.3 Å². The predicted octanol–water partition coefficient (Wildman–Crippen LogP) is 5.06. The van der Waals surface area contributed by atoms with Crippen LogP contribution in [0.2, 0.25) is 0 Å². The van der Waals surface area contributed by atoms with E-state index in [1.54, 1.807) is 12.4 Å². The highest BCUT2D eigenvalue weighted by Crippen LogP contribution is 2.25. The number of aromatic nitrogens is 3. The van der Waals surface area contributed by atoms with Crippen LogP contribution in [0.3, 0.4) is 0 Å². The molecule has 0 saturated carbocycles. The topological polar surface area (TPSA) is 68.9 Å². The predicted molar refractivity (Wildman–Crippen MR) is 134 cm³/mol. The van der Waals surface area contributed by atoms with E-state index in [1.807, 2.05) is 97.3 Å². The number of carbonyl (C=O) groups is 1. The van der Waals surface area contributed by atoms with Gasteiger partial charge in [-0.1, -0.05) is 60.7 Å². The van der Waals surface area contributed by atoms with E-state index >= 15 is 0 Å². The number of benzene rings is 3. The summed E-state index contributed by atoms with van der Waals surface area (Å²) in [6.07, 6.45) is 3.53. The second-order valence-electron chi connectivity index (χ2n) is 8.42. The molecule has 0 spiro atoms. The third kappa shape index (κ3) is 4.13. The fourth-order valence-electron chi connectivity index (χ4n) is 4.02. The molecule has 3 aromatic carbocycles. The second-order valence-corrected chi connectivity index (χ2v) is 8.42. The third-order valence-electron chi connectivity index (χ3n) is 5.82. The molecule has 34 heavy (non-hydrogen) atoms. The summed E-state index contributed by atoms with van der Waals surface area (Å²) < 4.78 is 3.22. The Morgan fingerprint density at radius 2 is 1.62 bits per heavy atom. The first-order valence-electron chi connectivity index (χ1n) is 11.1. The number of carbonyl (C=O) groups excluding carboxylic acids is 1. The zero-order valence-electron chi connectivity index (χ0n) is 19.0. The van der Waals surface area contributed by atoms with E-state index in [-0.39, 0.29) is 11.5 Å². The normalized spacial score (nSPS) is 11.0. The Kier molecular flexibility index (Phi) is 5.55. The number of pyridine rings is 1. The molecule has 0 aromatic heterocycles. The van der Waals surface area contributed by atoms with Crippen molar-refractivity contribution < 1.29 is 4.79 Å². The Hall–Kier alpha value is -4.45. The molecule has 1 N–H and O–H groups in total. The van der Waals surface area contributed by atoms with Crippen LogP contribution in [0, 0.1) is 13.8 Å². The minimum Gasteiger partial charge on any atom is -0.348 e. The zero-order valence-corrected chi connectivity index (χ0v) is 19.0. The molecular formula is C28H24N4O2. The maximum absolute atomic E-state index is 13.5. The summed E-state index contributed by atoms with van der Waals surface area (Å²) in [4.78, 5) is 26.8. The van der Waals surface area contributed by atoms with E-state index in [1.165, 1.54) is 4.68 Å². The molecule has 0 fully saturated rings. The van der Waals surface area contributed by atoms with Gasteiger partial charge in [0.25, 0.3) is 11.5 Å². The Bertz CT molecular complexity index is 1500. The van der Waals surface area contributed by atoms with Crippen molar-refractivity contribution in [3.8, 4) is 16.9 Å². The maximum Gasteiger partial charge on any atom is 0.282 e. The Labute approximate surface area is 197 Å². The smallest absolute Gasteiger partial charge is 0.282 e. The van der Waals surface area contributed by atoms with Crippen LogP contribution in [0.5, 0.6) is 0 Å². The lowest BCUT2D eigenvalue weighted by Gasteiger charge is -2.14. The van der Waals surface area contributed by atoms with Gasteiger partial charge in [0.1, 0.15) is 5.69 Å². The molecule has 2 heterocycles. The number of hydrogen-bond donors (Lipinski definition) is 1. The number of anilines is 1.